The minimum absolute atomic E-state index is 0.241. The summed E-state index contributed by atoms with van der Waals surface area (Å²) in [6.07, 6.45) is 3.06. The van der Waals surface area contributed by atoms with E-state index in [-0.39, 0.29) is 6.04 Å². The first-order valence-electron chi connectivity index (χ1n) is 5.77. The van der Waals surface area contributed by atoms with Gasteiger partial charge in [0.05, 0.1) is 0 Å². The second kappa shape index (κ2) is 6.34. The predicted molar refractivity (Wildman–Crippen MR) is 78.5 cm³/mol. The Morgan fingerprint density at radius 1 is 1.18 bits per heavy atom. The smallest absolute Gasteiger partial charge is 0.0314 e. The van der Waals surface area contributed by atoms with Crippen LogP contribution in [0.5, 0.6) is 0 Å². The van der Waals surface area contributed by atoms with Crippen LogP contribution in [-0.4, -0.2) is 6.04 Å². The van der Waals surface area contributed by atoms with E-state index in [0.29, 0.717) is 0 Å². The molecular formula is C14H16BrNS. The molecule has 0 fully saturated rings. The number of thiophene rings is 1. The zero-order chi connectivity index (χ0) is 12.1. The molecule has 0 radical (unpaired) electrons. The molecule has 0 aliphatic carbocycles. The number of halogens is 1. The van der Waals surface area contributed by atoms with Crippen LogP contribution in [0.15, 0.2) is 46.3 Å². The van der Waals surface area contributed by atoms with E-state index in [0.717, 1.165) is 19.3 Å². The quantitative estimate of drug-likeness (QED) is 0.887. The van der Waals surface area contributed by atoms with Gasteiger partial charge in [-0.05, 0) is 52.2 Å². The summed E-state index contributed by atoms with van der Waals surface area (Å²) in [5.74, 6) is 0. The number of benzene rings is 1. The minimum atomic E-state index is 0.241. The normalized spacial score (nSPS) is 12.6. The lowest BCUT2D eigenvalue weighted by molar-refractivity contribution is 0.614. The molecule has 0 amide bonds. The van der Waals surface area contributed by atoms with Crippen molar-refractivity contribution in [3.63, 3.8) is 0 Å². The Balaban J connectivity index is 1.82. The summed E-state index contributed by atoms with van der Waals surface area (Å²) < 4.78 is 1.19. The molecule has 1 aromatic carbocycles. The molecule has 1 unspecified atom stereocenters. The van der Waals surface area contributed by atoms with Gasteiger partial charge in [0.25, 0.3) is 0 Å². The molecule has 0 bridgehead atoms. The minimum Gasteiger partial charge on any atom is -0.327 e. The molecule has 2 rings (SSSR count). The van der Waals surface area contributed by atoms with Crippen LogP contribution in [0.4, 0.5) is 0 Å². The van der Waals surface area contributed by atoms with Crippen molar-refractivity contribution in [3.8, 4) is 0 Å². The largest absolute Gasteiger partial charge is 0.327 e. The standard InChI is InChI=1S/C14H16BrNS/c15-13-8-9-17-14(13)10-12(16)7-6-11-4-2-1-3-5-11/h1-5,8-9,12H,6-7,10,16H2. The van der Waals surface area contributed by atoms with Crippen molar-refractivity contribution in [2.24, 2.45) is 5.73 Å². The average Bonchev–Trinajstić information content (AvgIpc) is 2.74. The Kier molecular flexibility index (Phi) is 4.77. The fourth-order valence-corrected chi connectivity index (χ4v) is 3.42. The SMILES string of the molecule is NC(CCc1ccccc1)Cc1sccc1Br. The van der Waals surface area contributed by atoms with E-state index in [2.05, 4.69) is 51.6 Å². The fraction of sp³-hybridized carbons (Fsp3) is 0.286. The highest BCUT2D eigenvalue weighted by molar-refractivity contribution is 9.10. The van der Waals surface area contributed by atoms with Crippen LogP contribution < -0.4 is 5.73 Å². The molecule has 2 N–H and O–H groups in total. The Morgan fingerprint density at radius 3 is 2.59 bits per heavy atom. The Morgan fingerprint density at radius 2 is 1.94 bits per heavy atom. The lowest BCUT2D eigenvalue weighted by atomic mass is 10.0. The highest BCUT2D eigenvalue weighted by Crippen LogP contribution is 2.24. The molecule has 2 aromatic rings. The second-order valence-corrected chi connectivity index (χ2v) is 6.04. The highest BCUT2D eigenvalue weighted by atomic mass is 79.9. The molecule has 0 spiro atoms. The van der Waals surface area contributed by atoms with Crippen LogP contribution in [0.2, 0.25) is 0 Å². The van der Waals surface area contributed by atoms with Crippen molar-refractivity contribution in [2.45, 2.75) is 25.3 Å². The lowest BCUT2D eigenvalue weighted by Gasteiger charge is -2.10. The molecule has 0 aliphatic rings. The van der Waals surface area contributed by atoms with Crippen LogP contribution in [0.1, 0.15) is 16.9 Å². The van der Waals surface area contributed by atoms with E-state index in [4.69, 9.17) is 5.73 Å². The maximum absolute atomic E-state index is 6.17. The molecule has 0 saturated carbocycles. The van der Waals surface area contributed by atoms with E-state index in [1.165, 1.54) is 14.9 Å². The third-order valence-corrected chi connectivity index (χ3v) is 4.73. The summed E-state index contributed by atoms with van der Waals surface area (Å²) in [7, 11) is 0. The molecule has 1 aromatic heterocycles. The first-order chi connectivity index (χ1) is 8.25. The average molecular weight is 310 g/mol. The summed E-state index contributed by atoms with van der Waals surface area (Å²) in [6.45, 7) is 0. The number of aryl methyl sites for hydroxylation is 1. The summed E-state index contributed by atoms with van der Waals surface area (Å²) in [6, 6.07) is 12.9. The number of nitrogens with two attached hydrogens (primary N) is 1. The number of hydrogen-bond donors (Lipinski definition) is 1. The Labute approximate surface area is 115 Å². The summed E-state index contributed by atoms with van der Waals surface area (Å²) >= 11 is 5.32. The van der Waals surface area contributed by atoms with Crippen molar-refractivity contribution in [1.82, 2.24) is 0 Å². The number of hydrogen-bond acceptors (Lipinski definition) is 2. The maximum Gasteiger partial charge on any atom is 0.0314 e. The highest BCUT2D eigenvalue weighted by Gasteiger charge is 2.08. The zero-order valence-electron chi connectivity index (χ0n) is 9.60. The van der Waals surface area contributed by atoms with Crippen molar-refractivity contribution < 1.29 is 0 Å². The van der Waals surface area contributed by atoms with Crippen molar-refractivity contribution in [2.75, 3.05) is 0 Å². The van der Waals surface area contributed by atoms with Gasteiger partial charge in [-0.1, -0.05) is 30.3 Å². The Bertz CT molecular complexity index is 452. The summed E-state index contributed by atoms with van der Waals surface area (Å²) in [4.78, 5) is 1.35. The van der Waals surface area contributed by atoms with Gasteiger partial charge in [-0.15, -0.1) is 11.3 Å². The molecule has 3 heteroatoms. The third-order valence-electron chi connectivity index (χ3n) is 2.79. The van der Waals surface area contributed by atoms with Crippen LogP contribution >= 0.6 is 27.3 Å². The lowest BCUT2D eigenvalue weighted by Crippen LogP contribution is -2.23. The molecule has 90 valence electrons. The van der Waals surface area contributed by atoms with Crippen LogP contribution in [-0.2, 0) is 12.8 Å². The van der Waals surface area contributed by atoms with Gasteiger partial charge in [0.2, 0.25) is 0 Å². The predicted octanol–water partition coefficient (Wildman–Crippen LogP) is 4.01. The van der Waals surface area contributed by atoms with E-state index >= 15 is 0 Å². The van der Waals surface area contributed by atoms with Gasteiger partial charge in [0.15, 0.2) is 0 Å². The van der Waals surface area contributed by atoms with Gasteiger partial charge in [0.1, 0.15) is 0 Å². The van der Waals surface area contributed by atoms with Gasteiger partial charge in [0, 0.05) is 15.4 Å². The first kappa shape index (κ1) is 12.8. The molecule has 1 heterocycles. The van der Waals surface area contributed by atoms with Crippen molar-refractivity contribution in [1.29, 1.82) is 0 Å². The van der Waals surface area contributed by atoms with Gasteiger partial charge >= 0.3 is 0 Å². The fourth-order valence-electron chi connectivity index (χ4n) is 1.81. The monoisotopic (exact) mass is 309 g/mol. The topological polar surface area (TPSA) is 26.0 Å². The van der Waals surface area contributed by atoms with E-state index in [9.17, 15) is 0 Å². The van der Waals surface area contributed by atoms with E-state index < -0.39 is 0 Å². The first-order valence-corrected chi connectivity index (χ1v) is 7.44. The summed E-state index contributed by atoms with van der Waals surface area (Å²) in [5.41, 5.74) is 7.54. The second-order valence-electron chi connectivity index (χ2n) is 4.18. The molecule has 0 aliphatic heterocycles. The zero-order valence-corrected chi connectivity index (χ0v) is 12.0. The van der Waals surface area contributed by atoms with Crippen LogP contribution in [0.3, 0.4) is 0 Å². The van der Waals surface area contributed by atoms with Gasteiger partial charge in [-0.3, -0.25) is 0 Å². The molecule has 1 nitrogen and oxygen atoms in total. The number of rotatable bonds is 5. The third kappa shape index (κ3) is 3.95. The van der Waals surface area contributed by atoms with Crippen molar-refractivity contribution in [3.05, 3.63) is 56.7 Å². The molecular weight excluding hydrogens is 294 g/mol. The summed E-state index contributed by atoms with van der Waals surface area (Å²) in [5, 5.41) is 2.10. The maximum atomic E-state index is 6.17. The van der Waals surface area contributed by atoms with E-state index in [1.54, 1.807) is 11.3 Å². The molecule has 0 saturated heterocycles. The molecule has 1 atom stereocenters. The van der Waals surface area contributed by atoms with Gasteiger partial charge < -0.3 is 5.73 Å². The van der Waals surface area contributed by atoms with Crippen LogP contribution in [0, 0.1) is 0 Å². The van der Waals surface area contributed by atoms with Crippen molar-refractivity contribution >= 4 is 27.3 Å². The van der Waals surface area contributed by atoms with Gasteiger partial charge in [-0.2, -0.15) is 0 Å². The van der Waals surface area contributed by atoms with Gasteiger partial charge in [-0.25, -0.2) is 0 Å². The van der Waals surface area contributed by atoms with Crippen LogP contribution in [0.25, 0.3) is 0 Å². The van der Waals surface area contributed by atoms with E-state index in [1.807, 2.05) is 6.07 Å². The molecule has 17 heavy (non-hydrogen) atoms. The Hall–Kier alpha value is -0.640.